The summed E-state index contributed by atoms with van der Waals surface area (Å²) < 4.78 is 49.3. The number of hydrogen-bond donors (Lipinski definition) is 2. The molecule has 1 aromatic rings. The number of carbonyl (C=O) groups is 2. The molecule has 0 aliphatic rings. The van der Waals surface area contributed by atoms with Gasteiger partial charge in [-0.25, -0.2) is 9.18 Å². The van der Waals surface area contributed by atoms with E-state index in [2.05, 4.69) is 0 Å². The van der Waals surface area contributed by atoms with Crippen LogP contribution in [0.5, 0.6) is 0 Å². The molecule has 11 heteroatoms. The minimum Gasteiger partial charge on any atom is -0.478 e. The van der Waals surface area contributed by atoms with Crippen LogP contribution in [0.4, 0.5) is 28.9 Å². The van der Waals surface area contributed by atoms with Gasteiger partial charge in [0.15, 0.2) is 0 Å². The summed E-state index contributed by atoms with van der Waals surface area (Å²) in [6.45, 7) is 0. The van der Waals surface area contributed by atoms with Gasteiger partial charge in [0.05, 0.1) is 4.92 Å². The molecule has 0 radical (unpaired) electrons. The predicted molar refractivity (Wildman–Crippen MR) is 54.7 cm³/mol. The number of nitrogens with one attached hydrogen (secondary N) is 1. The number of anilines is 1. The molecule has 1 amide bonds. The Morgan fingerprint density at radius 2 is 1.85 bits per heavy atom. The molecular formula is C9H4F4N2O5. The van der Waals surface area contributed by atoms with Crippen molar-refractivity contribution in [3.05, 3.63) is 33.6 Å². The molecule has 0 saturated heterocycles. The third kappa shape index (κ3) is 3.18. The van der Waals surface area contributed by atoms with E-state index in [-0.39, 0.29) is 12.1 Å². The SMILES string of the molecule is O=C(O)c1cc([N+](=O)[O-])c(NC(=O)C(F)(F)F)cc1F. The molecule has 0 heterocycles. The number of nitro benzene ring substituents is 1. The van der Waals surface area contributed by atoms with Crippen LogP contribution in [-0.2, 0) is 4.79 Å². The van der Waals surface area contributed by atoms with E-state index in [9.17, 15) is 37.3 Å². The highest BCUT2D eigenvalue weighted by atomic mass is 19.4. The van der Waals surface area contributed by atoms with Gasteiger partial charge in [0.1, 0.15) is 17.1 Å². The van der Waals surface area contributed by atoms with Gasteiger partial charge in [0.25, 0.3) is 5.69 Å². The molecule has 20 heavy (non-hydrogen) atoms. The Hall–Kier alpha value is -2.72. The third-order valence-electron chi connectivity index (χ3n) is 2.02. The van der Waals surface area contributed by atoms with Crippen molar-refractivity contribution >= 4 is 23.3 Å². The Morgan fingerprint density at radius 1 is 1.30 bits per heavy atom. The summed E-state index contributed by atoms with van der Waals surface area (Å²) in [4.78, 5) is 30.5. The molecule has 0 atom stereocenters. The maximum absolute atomic E-state index is 13.3. The summed E-state index contributed by atoms with van der Waals surface area (Å²) in [5.74, 6) is -5.93. The zero-order valence-corrected chi connectivity index (χ0v) is 9.19. The second-order valence-corrected chi connectivity index (χ2v) is 3.36. The quantitative estimate of drug-likeness (QED) is 0.503. The fraction of sp³-hybridized carbons (Fsp3) is 0.111. The third-order valence-corrected chi connectivity index (χ3v) is 2.02. The second kappa shape index (κ2) is 5.11. The molecule has 0 bridgehead atoms. The highest BCUT2D eigenvalue weighted by Gasteiger charge is 2.40. The fourth-order valence-corrected chi connectivity index (χ4v) is 1.17. The standard InChI is InChI=1S/C9H4F4N2O5/c10-4-2-5(14-8(18)9(11,12)13)6(15(19)20)1-3(4)7(16)17/h1-2H,(H,14,18)(H,16,17). The summed E-state index contributed by atoms with van der Waals surface area (Å²) in [6, 6.07) is 0.342. The van der Waals surface area contributed by atoms with Gasteiger partial charge in [-0.2, -0.15) is 13.2 Å². The summed E-state index contributed by atoms with van der Waals surface area (Å²) in [7, 11) is 0. The number of hydrogen-bond acceptors (Lipinski definition) is 4. The van der Waals surface area contributed by atoms with E-state index in [0.29, 0.717) is 0 Å². The molecular weight excluding hydrogens is 292 g/mol. The summed E-state index contributed by atoms with van der Waals surface area (Å²) >= 11 is 0. The first-order valence-corrected chi connectivity index (χ1v) is 4.63. The van der Waals surface area contributed by atoms with Gasteiger partial charge in [0.2, 0.25) is 0 Å². The zero-order valence-electron chi connectivity index (χ0n) is 9.19. The number of carboxylic acid groups (broad SMARTS) is 1. The number of rotatable bonds is 3. The van der Waals surface area contributed by atoms with Crippen molar-refractivity contribution in [2.75, 3.05) is 5.32 Å². The Bertz CT molecular complexity index is 599. The zero-order chi connectivity index (χ0) is 15.7. The maximum Gasteiger partial charge on any atom is 0.471 e. The molecule has 1 rings (SSSR count). The van der Waals surface area contributed by atoms with Crippen LogP contribution in [-0.4, -0.2) is 28.1 Å². The van der Waals surface area contributed by atoms with Crippen LogP contribution >= 0.6 is 0 Å². The van der Waals surface area contributed by atoms with E-state index in [1.165, 1.54) is 0 Å². The molecule has 1 aromatic carbocycles. The smallest absolute Gasteiger partial charge is 0.471 e. The summed E-state index contributed by atoms with van der Waals surface area (Å²) in [6.07, 6.45) is -5.34. The van der Waals surface area contributed by atoms with Crippen molar-refractivity contribution < 1.29 is 37.2 Å². The highest BCUT2D eigenvalue weighted by Crippen LogP contribution is 2.29. The van der Waals surface area contributed by atoms with Crippen LogP contribution in [0.1, 0.15) is 10.4 Å². The van der Waals surface area contributed by atoms with Crippen molar-refractivity contribution in [2.24, 2.45) is 0 Å². The molecule has 7 nitrogen and oxygen atoms in total. The van der Waals surface area contributed by atoms with Crippen LogP contribution in [0, 0.1) is 15.9 Å². The van der Waals surface area contributed by atoms with Crippen LogP contribution in [0.3, 0.4) is 0 Å². The van der Waals surface area contributed by atoms with Crippen molar-refractivity contribution in [1.82, 2.24) is 0 Å². The lowest BCUT2D eigenvalue weighted by Gasteiger charge is -2.09. The van der Waals surface area contributed by atoms with Crippen LogP contribution in [0.15, 0.2) is 12.1 Å². The lowest BCUT2D eigenvalue weighted by molar-refractivity contribution is -0.384. The van der Waals surface area contributed by atoms with Gasteiger partial charge in [-0.1, -0.05) is 0 Å². The lowest BCUT2D eigenvalue weighted by atomic mass is 10.1. The van der Waals surface area contributed by atoms with E-state index in [1.807, 2.05) is 0 Å². The van der Waals surface area contributed by atoms with E-state index in [1.54, 1.807) is 0 Å². The minimum absolute atomic E-state index is 0.130. The molecule has 0 saturated carbocycles. The van der Waals surface area contributed by atoms with Gasteiger partial charge in [-0.05, 0) is 0 Å². The number of benzene rings is 1. The number of nitrogens with zero attached hydrogens (tertiary/aromatic N) is 1. The number of carbonyl (C=O) groups excluding carboxylic acids is 1. The molecule has 0 aromatic heterocycles. The van der Waals surface area contributed by atoms with E-state index < -0.39 is 45.7 Å². The van der Waals surface area contributed by atoms with Crippen molar-refractivity contribution in [1.29, 1.82) is 0 Å². The number of amides is 1. The summed E-state index contributed by atoms with van der Waals surface area (Å²) in [5, 5.41) is 20.2. The Labute approximate surface area is 107 Å². The van der Waals surface area contributed by atoms with Crippen molar-refractivity contribution in [3.8, 4) is 0 Å². The largest absolute Gasteiger partial charge is 0.478 e. The molecule has 0 aliphatic carbocycles. The van der Waals surface area contributed by atoms with Gasteiger partial charge in [-0.15, -0.1) is 0 Å². The van der Waals surface area contributed by atoms with Gasteiger partial charge in [0, 0.05) is 12.1 Å². The predicted octanol–water partition coefficient (Wildman–Crippen LogP) is 1.93. The number of nitro groups is 1. The normalized spacial score (nSPS) is 11.0. The number of alkyl halides is 3. The fourth-order valence-electron chi connectivity index (χ4n) is 1.17. The first-order chi connectivity index (χ1) is 9.04. The average molecular weight is 296 g/mol. The Morgan fingerprint density at radius 3 is 2.25 bits per heavy atom. The molecule has 0 spiro atoms. The van der Waals surface area contributed by atoms with Gasteiger partial charge >= 0.3 is 18.1 Å². The van der Waals surface area contributed by atoms with E-state index >= 15 is 0 Å². The first kappa shape index (κ1) is 15.3. The molecule has 0 unspecified atom stereocenters. The van der Waals surface area contributed by atoms with Gasteiger partial charge < -0.3 is 10.4 Å². The lowest BCUT2D eigenvalue weighted by Crippen LogP contribution is -2.30. The van der Waals surface area contributed by atoms with E-state index in [0.717, 1.165) is 5.32 Å². The Balaban J connectivity index is 3.33. The summed E-state index contributed by atoms with van der Waals surface area (Å²) in [5.41, 5.74) is -3.39. The van der Waals surface area contributed by atoms with Crippen molar-refractivity contribution in [3.63, 3.8) is 0 Å². The monoisotopic (exact) mass is 296 g/mol. The average Bonchev–Trinajstić information content (AvgIpc) is 2.26. The highest BCUT2D eigenvalue weighted by molar-refractivity contribution is 5.98. The van der Waals surface area contributed by atoms with Crippen LogP contribution < -0.4 is 5.32 Å². The topological polar surface area (TPSA) is 110 Å². The molecule has 108 valence electrons. The number of aromatic carboxylic acids is 1. The van der Waals surface area contributed by atoms with Crippen LogP contribution in [0.25, 0.3) is 0 Å². The number of carboxylic acids is 1. The van der Waals surface area contributed by atoms with Crippen molar-refractivity contribution in [2.45, 2.75) is 6.18 Å². The van der Waals surface area contributed by atoms with Crippen LogP contribution in [0.2, 0.25) is 0 Å². The maximum atomic E-state index is 13.3. The molecule has 0 fully saturated rings. The molecule has 0 aliphatic heterocycles. The number of halogens is 4. The molecule has 2 N–H and O–H groups in total. The Kier molecular flexibility index (Phi) is 3.92. The van der Waals surface area contributed by atoms with Gasteiger partial charge in [-0.3, -0.25) is 14.9 Å². The second-order valence-electron chi connectivity index (χ2n) is 3.36. The first-order valence-electron chi connectivity index (χ1n) is 4.63. The minimum atomic E-state index is -5.34. The van der Waals surface area contributed by atoms with E-state index in [4.69, 9.17) is 5.11 Å².